The molecule has 1 aromatic heterocycles. The molecule has 0 radical (unpaired) electrons. The molecule has 1 N–H and O–H groups in total. The summed E-state index contributed by atoms with van der Waals surface area (Å²) in [7, 11) is -7.74. The maximum absolute atomic E-state index is 15.2. The van der Waals surface area contributed by atoms with Crippen LogP contribution in [0.5, 0.6) is 0 Å². The zero-order valence-electron chi connectivity index (χ0n) is 19.3. The van der Waals surface area contributed by atoms with Gasteiger partial charge in [0.15, 0.2) is 9.84 Å². The smallest absolute Gasteiger partial charge is 0.274 e. The monoisotopic (exact) mass is 562 g/mol. The Morgan fingerprint density at radius 3 is 2.51 bits per heavy atom. The van der Waals surface area contributed by atoms with E-state index >= 15 is 4.39 Å². The number of sulfonamides is 1. The standard InChI is InChI=1S/C25H20ClFN2O6S2/c1-36(31,32)23-5-3-2-4-18(23)15-7-9-21(19(27)12-15)29-11-10-20(25(29)30)28-37(33,34)24-13-16-6-8-17(26)14-22(16)35-24/h2-9,12-14,20,28H,10-11H2,1H3/t20-/m0/s1. The molecular formula is C25H20ClFN2O6S2. The molecule has 0 saturated carbocycles. The Balaban J connectivity index is 1.38. The van der Waals surface area contributed by atoms with Gasteiger partial charge in [0.05, 0.1) is 10.6 Å². The van der Waals surface area contributed by atoms with E-state index in [4.69, 9.17) is 16.0 Å². The van der Waals surface area contributed by atoms with Crippen LogP contribution in [0.4, 0.5) is 10.1 Å². The third kappa shape index (κ3) is 4.87. The van der Waals surface area contributed by atoms with Gasteiger partial charge in [0.2, 0.25) is 11.0 Å². The second-order valence-electron chi connectivity index (χ2n) is 8.63. The van der Waals surface area contributed by atoms with Gasteiger partial charge in [-0.05, 0) is 42.3 Å². The highest BCUT2D eigenvalue weighted by atomic mass is 35.5. The molecule has 0 unspecified atom stereocenters. The van der Waals surface area contributed by atoms with Crippen LogP contribution >= 0.6 is 11.6 Å². The molecule has 1 atom stereocenters. The van der Waals surface area contributed by atoms with Crippen LogP contribution in [-0.2, 0) is 24.7 Å². The summed E-state index contributed by atoms with van der Waals surface area (Å²) in [5.41, 5.74) is 0.912. The first-order valence-corrected chi connectivity index (χ1v) is 14.8. The Hall–Kier alpha value is -3.25. The summed E-state index contributed by atoms with van der Waals surface area (Å²) in [4.78, 5) is 14.2. The van der Waals surface area contributed by atoms with Crippen molar-refractivity contribution in [3.63, 3.8) is 0 Å². The van der Waals surface area contributed by atoms with Crippen molar-refractivity contribution in [2.24, 2.45) is 0 Å². The number of nitrogens with zero attached hydrogens (tertiary/aromatic N) is 1. The van der Waals surface area contributed by atoms with Crippen LogP contribution in [0.25, 0.3) is 22.1 Å². The lowest BCUT2D eigenvalue weighted by atomic mass is 10.0. The average molecular weight is 563 g/mol. The molecule has 1 aliphatic heterocycles. The van der Waals surface area contributed by atoms with E-state index in [1.807, 2.05) is 0 Å². The first-order valence-electron chi connectivity index (χ1n) is 11.1. The predicted molar refractivity (Wildman–Crippen MR) is 137 cm³/mol. The lowest BCUT2D eigenvalue weighted by Gasteiger charge is -2.19. The molecule has 3 aromatic carbocycles. The number of anilines is 1. The van der Waals surface area contributed by atoms with Gasteiger partial charge in [-0.3, -0.25) is 4.79 Å². The van der Waals surface area contributed by atoms with Gasteiger partial charge in [-0.25, -0.2) is 21.2 Å². The molecule has 12 heteroatoms. The Morgan fingerprint density at radius 1 is 1.03 bits per heavy atom. The van der Waals surface area contributed by atoms with Crippen LogP contribution < -0.4 is 9.62 Å². The van der Waals surface area contributed by atoms with E-state index in [2.05, 4.69) is 4.72 Å². The molecule has 37 heavy (non-hydrogen) atoms. The van der Waals surface area contributed by atoms with E-state index in [1.165, 1.54) is 30.3 Å². The summed E-state index contributed by atoms with van der Waals surface area (Å²) in [5, 5.41) is 0.549. The highest BCUT2D eigenvalue weighted by Crippen LogP contribution is 2.33. The molecule has 1 amide bonds. The molecule has 0 bridgehead atoms. The van der Waals surface area contributed by atoms with Gasteiger partial charge in [0, 0.05) is 40.9 Å². The minimum atomic E-state index is -4.19. The first kappa shape index (κ1) is 25.4. The molecule has 2 heterocycles. The number of halogens is 2. The van der Waals surface area contributed by atoms with Crippen molar-refractivity contribution in [3.8, 4) is 11.1 Å². The average Bonchev–Trinajstić information content (AvgIpc) is 3.42. The van der Waals surface area contributed by atoms with Gasteiger partial charge < -0.3 is 9.32 Å². The third-order valence-electron chi connectivity index (χ3n) is 6.06. The van der Waals surface area contributed by atoms with Gasteiger partial charge >= 0.3 is 0 Å². The van der Waals surface area contributed by atoms with E-state index in [9.17, 15) is 21.6 Å². The summed E-state index contributed by atoms with van der Waals surface area (Å²) in [6.07, 6.45) is 1.18. The maximum Gasteiger partial charge on any atom is 0.274 e. The number of rotatable bonds is 6. The number of carbonyl (C=O) groups excluding carboxylic acids is 1. The fourth-order valence-electron chi connectivity index (χ4n) is 4.31. The Bertz CT molecular complexity index is 1770. The number of fused-ring (bicyclic) bond motifs is 1. The van der Waals surface area contributed by atoms with Crippen LogP contribution in [0.1, 0.15) is 6.42 Å². The molecule has 0 aliphatic carbocycles. The number of benzene rings is 3. The molecular weight excluding hydrogens is 543 g/mol. The van der Waals surface area contributed by atoms with Gasteiger partial charge in [0.1, 0.15) is 17.4 Å². The predicted octanol–water partition coefficient (Wildman–Crippen LogP) is 4.38. The summed E-state index contributed by atoms with van der Waals surface area (Å²) < 4.78 is 73.0. The highest BCUT2D eigenvalue weighted by Gasteiger charge is 2.37. The number of carbonyl (C=O) groups is 1. The molecule has 4 aromatic rings. The Morgan fingerprint density at radius 2 is 1.78 bits per heavy atom. The van der Waals surface area contributed by atoms with Crippen molar-refractivity contribution in [1.82, 2.24) is 4.72 Å². The lowest BCUT2D eigenvalue weighted by Crippen LogP contribution is -2.41. The van der Waals surface area contributed by atoms with Crippen molar-refractivity contribution in [2.75, 3.05) is 17.7 Å². The van der Waals surface area contributed by atoms with Crippen LogP contribution in [0.3, 0.4) is 0 Å². The second-order valence-corrected chi connectivity index (χ2v) is 12.7. The van der Waals surface area contributed by atoms with E-state index in [0.29, 0.717) is 21.5 Å². The quantitative estimate of drug-likeness (QED) is 0.373. The van der Waals surface area contributed by atoms with E-state index < -0.39 is 37.6 Å². The number of furan rings is 1. The zero-order valence-corrected chi connectivity index (χ0v) is 21.7. The molecule has 1 saturated heterocycles. The van der Waals surface area contributed by atoms with Gasteiger partial charge in [-0.2, -0.15) is 4.72 Å². The van der Waals surface area contributed by atoms with Crippen molar-refractivity contribution in [1.29, 1.82) is 0 Å². The zero-order chi connectivity index (χ0) is 26.5. The first-order chi connectivity index (χ1) is 17.4. The fourth-order valence-corrected chi connectivity index (χ4v) is 6.57. The molecule has 5 rings (SSSR count). The van der Waals surface area contributed by atoms with Crippen LogP contribution in [-0.4, -0.2) is 41.6 Å². The SMILES string of the molecule is CS(=O)(=O)c1ccccc1-c1ccc(N2CC[C@H](NS(=O)(=O)c3cc4ccc(Cl)cc4o3)C2=O)c(F)c1. The Kier molecular flexibility index (Phi) is 6.35. The minimum Gasteiger partial charge on any atom is -0.443 e. The van der Waals surface area contributed by atoms with E-state index in [0.717, 1.165) is 17.2 Å². The number of amides is 1. The summed E-state index contributed by atoms with van der Waals surface area (Å²) in [5.74, 6) is -1.36. The number of hydrogen-bond donors (Lipinski definition) is 1. The van der Waals surface area contributed by atoms with Crippen molar-refractivity contribution >= 4 is 54.0 Å². The number of nitrogens with one attached hydrogen (secondary N) is 1. The van der Waals surface area contributed by atoms with Crippen LogP contribution in [0, 0.1) is 5.82 Å². The van der Waals surface area contributed by atoms with Crippen molar-refractivity contribution < 1.29 is 30.4 Å². The molecule has 0 spiro atoms. The summed E-state index contributed by atoms with van der Waals surface area (Å²) >= 11 is 5.93. The lowest BCUT2D eigenvalue weighted by molar-refractivity contribution is -0.118. The maximum atomic E-state index is 15.2. The van der Waals surface area contributed by atoms with Crippen LogP contribution in [0.15, 0.2) is 81.1 Å². The van der Waals surface area contributed by atoms with E-state index in [1.54, 1.807) is 30.3 Å². The highest BCUT2D eigenvalue weighted by molar-refractivity contribution is 7.90. The minimum absolute atomic E-state index is 0.0364. The van der Waals surface area contributed by atoms with Gasteiger partial charge in [-0.15, -0.1) is 0 Å². The molecule has 1 fully saturated rings. The largest absolute Gasteiger partial charge is 0.443 e. The molecule has 1 aliphatic rings. The molecule has 8 nitrogen and oxygen atoms in total. The molecule has 192 valence electrons. The van der Waals surface area contributed by atoms with Gasteiger partial charge in [-0.1, -0.05) is 35.9 Å². The summed E-state index contributed by atoms with van der Waals surface area (Å²) in [6, 6.07) is 15.2. The number of hydrogen-bond acceptors (Lipinski definition) is 6. The normalized spacial score (nSPS) is 16.6. The summed E-state index contributed by atoms with van der Waals surface area (Å²) in [6.45, 7) is 0.0813. The van der Waals surface area contributed by atoms with Gasteiger partial charge in [0.25, 0.3) is 10.0 Å². The van der Waals surface area contributed by atoms with Crippen molar-refractivity contribution in [3.05, 3.63) is 77.6 Å². The van der Waals surface area contributed by atoms with Crippen molar-refractivity contribution in [2.45, 2.75) is 22.5 Å². The van der Waals surface area contributed by atoms with E-state index in [-0.39, 0.29) is 34.2 Å². The fraction of sp³-hybridized carbons (Fsp3) is 0.160. The Labute approximate surface area is 217 Å². The second kappa shape index (κ2) is 9.25. The topological polar surface area (TPSA) is 114 Å². The number of sulfone groups is 1. The third-order valence-corrected chi connectivity index (χ3v) is 8.78. The van der Waals surface area contributed by atoms with Crippen LogP contribution in [0.2, 0.25) is 5.02 Å².